The third-order valence-corrected chi connectivity index (χ3v) is 13.5. The number of fused-ring (bicyclic) bond motifs is 14. The van der Waals surface area contributed by atoms with Gasteiger partial charge < -0.3 is 5.32 Å². The number of benzene rings is 8. The molecule has 0 aliphatic carbocycles. The van der Waals surface area contributed by atoms with Gasteiger partial charge in [-0.2, -0.15) is 0 Å². The van der Waals surface area contributed by atoms with Crippen LogP contribution in [0.1, 0.15) is 16.5 Å². The van der Waals surface area contributed by atoms with Crippen molar-refractivity contribution in [2.75, 3.05) is 5.32 Å². The molecule has 0 amide bonds. The molecule has 0 radical (unpaired) electrons. The van der Waals surface area contributed by atoms with Crippen LogP contribution in [-0.2, 0) is 0 Å². The number of hydrogen-bond acceptors (Lipinski definition) is 4. The number of thiophene rings is 2. The maximum absolute atomic E-state index is 5.69. The Kier molecular flexibility index (Phi) is 6.15. The highest BCUT2D eigenvalue weighted by molar-refractivity contribution is 7.27. The molecule has 0 bridgehead atoms. The topological polar surface area (TPSA) is 29.3 Å². The molecular weight excluding hydrogens is 683 g/mol. The van der Waals surface area contributed by atoms with E-state index in [0.717, 1.165) is 17.2 Å². The second kappa shape index (κ2) is 11.1. The Morgan fingerprint density at radius 2 is 1.15 bits per heavy atom. The van der Waals surface area contributed by atoms with Gasteiger partial charge in [-0.25, -0.2) is 4.99 Å². The fourth-order valence-corrected chi connectivity index (χ4v) is 11.1. The van der Waals surface area contributed by atoms with Crippen molar-refractivity contribution in [3.63, 3.8) is 0 Å². The van der Waals surface area contributed by atoms with Gasteiger partial charge in [-0.15, -0.1) is 22.7 Å². The van der Waals surface area contributed by atoms with Crippen molar-refractivity contribution in [2.24, 2.45) is 4.99 Å². The lowest BCUT2D eigenvalue weighted by atomic mass is 9.97. The van der Waals surface area contributed by atoms with Gasteiger partial charge in [0.1, 0.15) is 6.04 Å². The molecule has 11 aromatic rings. The zero-order valence-electron chi connectivity index (χ0n) is 28.4. The normalized spacial score (nSPS) is 14.5. The van der Waals surface area contributed by atoms with Crippen LogP contribution in [-0.4, -0.2) is 10.5 Å². The Hall–Kier alpha value is -6.27. The fourth-order valence-electron chi connectivity index (χ4n) is 8.62. The molecule has 1 unspecified atom stereocenters. The summed E-state index contributed by atoms with van der Waals surface area (Å²) in [4.78, 5) is 6.93. The Balaban J connectivity index is 1.12. The van der Waals surface area contributed by atoms with Crippen molar-refractivity contribution in [3.05, 3.63) is 174 Å². The number of para-hydroxylation sites is 1. The van der Waals surface area contributed by atoms with Crippen molar-refractivity contribution in [1.29, 1.82) is 0 Å². The lowest BCUT2D eigenvalue weighted by Gasteiger charge is -2.25. The van der Waals surface area contributed by atoms with E-state index in [1.54, 1.807) is 0 Å². The van der Waals surface area contributed by atoms with E-state index in [9.17, 15) is 0 Å². The molecule has 0 saturated heterocycles. The minimum absolute atomic E-state index is 0.169. The summed E-state index contributed by atoms with van der Waals surface area (Å²) in [5.74, 6) is 0.847. The van der Waals surface area contributed by atoms with E-state index >= 15 is 0 Å². The lowest BCUT2D eigenvalue weighted by molar-refractivity contribution is 0.873. The van der Waals surface area contributed by atoms with Gasteiger partial charge in [0.25, 0.3) is 0 Å². The van der Waals surface area contributed by atoms with Gasteiger partial charge in [0, 0.05) is 51.8 Å². The molecule has 5 heteroatoms. The van der Waals surface area contributed by atoms with Crippen LogP contribution < -0.4 is 5.32 Å². The minimum Gasteiger partial charge on any atom is -0.324 e. The monoisotopic (exact) mass is 711 g/mol. The minimum atomic E-state index is -0.169. The molecule has 53 heavy (non-hydrogen) atoms. The number of aromatic nitrogens is 1. The van der Waals surface area contributed by atoms with Crippen molar-refractivity contribution in [3.8, 4) is 11.1 Å². The highest BCUT2D eigenvalue weighted by Gasteiger charge is 2.30. The van der Waals surface area contributed by atoms with Gasteiger partial charge >= 0.3 is 0 Å². The summed E-state index contributed by atoms with van der Waals surface area (Å²) in [6.07, 6.45) is 0. The van der Waals surface area contributed by atoms with Gasteiger partial charge in [-0.3, -0.25) is 4.57 Å². The largest absolute Gasteiger partial charge is 0.324 e. The van der Waals surface area contributed by atoms with Crippen LogP contribution in [0.5, 0.6) is 0 Å². The highest BCUT2D eigenvalue weighted by Crippen LogP contribution is 2.49. The standard InChI is InChI=1S/C48H29N3S2/c1-2-12-31-27-32(26-23-28(31)11-1)29-21-24-30(25-22-29)43-47-44(37-17-7-10-20-40(37)53-47)50-48(49-43)51-38-18-8-5-15-35(38)41-42-36-16-6-9-19-39(36)52-46(42)34-14-4-3-13-33(34)45(41)51/h1-27,43H,(H,49,50). The molecule has 0 spiro atoms. The van der Waals surface area contributed by atoms with Crippen LogP contribution in [0.2, 0.25) is 0 Å². The van der Waals surface area contributed by atoms with Crippen LogP contribution in [0.25, 0.3) is 84.7 Å². The molecule has 1 aliphatic heterocycles. The maximum atomic E-state index is 5.69. The molecule has 1 N–H and O–H groups in total. The second-order valence-corrected chi connectivity index (χ2v) is 16.1. The first-order valence-electron chi connectivity index (χ1n) is 18.0. The summed E-state index contributed by atoms with van der Waals surface area (Å²) >= 11 is 3.74. The van der Waals surface area contributed by atoms with Gasteiger partial charge in [0.2, 0.25) is 5.96 Å². The number of nitrogens with zero attached hydrogens (tertiary/aromatic N) is 2. The molecule has 1 atom stereocenters. The van der Waals surface area contributed by atoms with E-state index in [0.29, 0.717) is 0 Å². The molecule has 0 saturated carbocycles. The smallest absolute Gasteiger partial charge is 0.208 e. The van der Waals surface area contributed by atoms with E-state index in [1.165, 1.54) is 89.7 Å². The van der Waals surface area contributed by atoms with Crippen molar-refractivity contribution < 1.29 is 0 Å². The molecule has 3 nitrogen and oxygen atoms in total. The molecule has 4 heterocycles. The molecule has 0 fully saturated rings. The fraction of sp³-hybridized carbons (Fsp3) is 0.0208. The van der Waals surface area contributed by atoms with Crippen molar-refractivity contribution in [1.82, 2.24) is 4.57 Å². The van der Waals surface area contributed by atoms with Gasteiger partial charge in [0.15, 0.2) is 0 Å². The van der Waals surface area contributed by atoms with Crippen LogP contribution in [0.4, 0.5) is 5.69 Å². The average Bonchev–Trinajstić information content (AvgIpc) is 3.91. The molecule has 1 aliphatic rings. The summed E-state index contributed by atoms with van der Waals surface area (Å²) in [5, 5.41) is 15.3. The van der Waals surface area contributed by atoms with E-state index in [4.69, 9.17) is 4.99 Å². The van der Waals surface area contributed by atoms with Crippen molar-refractivity contribution in [2.45, 2.75) is 6.04 Å². The first-order valence-corrected chi connectivity index (χ1v) is 19.6. The van der Waals surface area contributed by atoms with E-state index in [1.807, 2.05) is 22.7 Å². The summed E-state index contributed by atoms with van der Waals surface area (Å²) in [6.45, 7) is 0. The van der Waals surface area contributed by atoms with E-state index in [2.05, 4.69) is 174 Å². The van der Waals surface area contributed by atoms with E-state index < -0.39 is 0 Å². The Morgan fingerprint density at radius 1 is 0.509 bits per heavy atom. The van der Waals surface area contributed by atoms with Crippen LogP contribution in [0, 0.1) is 0 Å². The summed E-state index contributed by atoms with van der Waals surface area (Å²) in [7, 11) is 0. The van der Waals surface area contributed by atoms with Gasteiger partial charge in [-0.05, 0) is 51.7 Å². The zero-order chi connectivity index (χ0) is 34.6. The van der Waals surface area contributed by atoms with Gasteiger partial charge in [0.05, 0.1) is 21.6 Å². The lowest BCUT2D eigenvalue weighted by Crippen LogP contribution is -2.26. The third-order valence-electron chi connectivity index (χ3n) is 11.0. The first kappa shape index (κ1) is 29.3. The van der Waals surface area contributed by atoms with Gasteiger partial charge in [-0.1, -0.05) is 140 Å². The zero-order valence-corrected chi connectivity index (χ0v) is 30.0. The molecule has 8 aromatic carbocycles. The quantitative estimate of drug-likeness (QED) is 0.190. The van der Waals surface area contributed by atoms with Crippen LogP contribution in [0.15, 0.2) is 169 Å². The molecular formula is C48H29N3S2. The second-order valence-electron chi connectivity index (χ2n) is 13.9. The molecule has 12 rings (SSSR count). The number of rotatable bonds is 2. The maximum Gasteiger partial charge on any atom is 0.208 e. The predicted molar refractivity (Wildman–Crippen MR) is 229 cm³/mol. The SMILES string of the molecule is c1ccc2cc(-c3ccc(C4N=C(n5c6ccccc6c6c7c8ccccc8sc7c7ccccc7c65)Nc5c4sc4ccccc54)cc3)ccc2c1. The molecule has 248 valence electrons. The van der Waals surface area contributed by atoms with Crippen LogP contribution >= 0.6 is 22.7 Å². The average molecular weight is 712 g/mol. The number of aliphatic imine (C=N–C) groups is 1. The first-order chi connectivity index (χ1) is 26.3. The number of anilines is 1. The summed E-state index contributed by atoms with van der Waals surface area (Å²) in [5.41, 5.74) is 7.09. The van der Waals surface area contributed by atoms with Crippen molar-refractivity contribution >= 4 is 108 Å². The summed E-state index contributed by atoms with van der Waals surface area (Å²) in [6, 6.07) is 59.6. The Morgan fingerprint density at radius 3 is 1.98 bits per heavy atom. The van der Waals surface area contributed by atoms with Crippen LogP contribution in [0.3, 0.4) is 0 Å². The Bertz CT molecular complexity index is 3320. The highest BCUT2D eigenvalue weighted by atomic mass is 32.1. The predicted octanol–water partition coefficient (Wildman–Crippen LogP) is 13.8. The number of hydrogen-bond donors (Lipinski definition) is 1. The van der Waals surface area contributed by atoms with E-state index in [-0.39, 0.29) is 6.04 Å². The Labute approximate surface area is 312 Å². The summed E-state index contributed by atoms with van der Waals surface area (Å²) < 4.78 is 6.32. The number of nitrogens with one attached hydrogen (secondary N) is 1. The molecule has 3 aromatic heterocycles. The third kappa shape index (κ3) is 4.23.